The van der Waals surface area contributed by atoms with Crippen LogP contribution in [-0.2, 0) is 25.7 Å². The van der Waals surface area contributed by atoms with Gasteiger partial charge in [0.25, 0.3) is 0 Å². The molecule has 3 aromatic rings. The molecule has 1 heterocycles. The maximum Gasteiger partial charge on any atom is 0.203 e. The number of methoxy groups -OCH3 is 5. The number of aryl methyl sites for hydroxylation is 4. The van der Waals surface area contributed by atoms with Crippen LogP contribution in [0.2, 0.25) is 0 Å². The minimum Gasteiger partial charge on any atom is -0.497 e. The summed E-state index contributed by atoms with van der Waals surface area (Å²) in [7, 11) is 8.21. The van der Waals surface area contributed by atoms with Gasteiger partial charge in [0, 0.05) is 18.5 Å². The van der Waals surface area contributed by atoms with E-state index in [2.05, 4.69) is 11.1 Å². The number of pyridine rings is 1. The first-order valence-corrected chi connectivity index (χ1v) is 10.5. The lowest BCUT2D eigenvalue weighted by atomic mass is 10.0. The van der Waals surface area contributed by atoms with Crippen molar-refractivity contribution < 1.29 is 23.7 Å². The largest absolute Gasteiger partial charge is 0.497 e. The molecule has 170 valence electrons. The van der Waals surface area contributed by atoms with E-state index in [-0.39, 0.29) is 0 Å². The second-order valence-electron chi connectivity index (χ2n) is 7.46. The van der Waals surface area contributed by atoms with Gasteiger partial charge in [-0.2, -0.15) is 0 Å². The first kappa shape index (κ1) is 23.3. The van der Waals surface area contributed by atoms with Gasteiger partial charge < -0.3 is 23.7 Å². The van der Waals surface area contributed by atoms with Crippen LogP contribution in [0.1, 0.15) is 22.3 Å². The Balaban J connectivity index is 1.67. The number of rotatable bonds is 11. The molecule has 0 aliphatic rings. The zero-order chi connectivity index (χ0) is 22.9. The summed E-state index contributed by atoms with van der Waals surface area (Å²) in [6, 6.07) is 12.2. The highest BCUT2D eigenvalue weighted by Gasteiger charge is 2.13. The van der Waals surface area contributed by atoms with Crippen LogP contribution in [0.25, 0.3) is 0 Å². The van der Waals surface area contributed by atoms with Crippen LogP contribution in [0.15, 0.2) is 48.8 Å². The molecule has 0 amide bonds. The number of benzene rings is 2. The van der Waals surface area contributed by atoms with E-state index in [9.17, 15) is 0 Å². The smallest absolute Gasteiger partial charge is 0.203 e. The van der Waals surface area contributed by atoms with Crippen LogP contribution in [-0.4, -0.2) is 40.5 Å². The first-order valence-electron chi connectivity index (χ1n) is 10.5. The Morgan fingerprint density at radius 2 is 0.969 bits per heavy atom. The number of ether oxygens (including phenoxy) is 5. The summed E-state index contributed by atoms with van der Waals surface area (Å²) in [4.78, 5) is 4.45. The normalized spacial score (nSPS) is 10.5. The van der Waals surface area contributed by atoms with Crippen molar-refractivity contribution in [3.8, 4) is 28.7 Å². The van der Waals surface area contributed by atoms with Gasteiger partial charge in [0.05, 0.1) is 35.5 Å². The third-order valence-corrected chi connectivity index (χ3v) is 5.39. The lowest BCUT2D eigenvalue weighted by molar-refractivity contribution is 0.324. The molecule has 3 rings (SSSR count). The van der Waals surface area contributed by atoms with Crippen molar-refractivity contribution in [3.05, 3.63) is 71.0 Å². The van der Waals surface area contributed by atoms with E-state index < -0.39 is 0 Å². The summed E-state index contributed by atoms with van der Waals surface area (Å²) < 4.78 is 27.1. The fourth-order valence-corrected chi connectivity index (χ4v) is 3.68. The van der Waals surface area contributed by atoms with Gasteiger partial charge in [-0.05, 0) is 72.2 Å². The van der Waals surface area contributed by atoms with Gasteiger partial charge in [0.1, 0.15) is 11.5 Å². The van der Waals surface area contributed by atoms with E-state index in [1.54, 1.807) is 35.5 Å². The molecule has 0 atom stereocenters. The van der Waals surface area contributed by atoms with Crippen molar-refractivity contribution in [3.63, 3.8) is 0 Å². The summed E-state index contributed by atoms with van der Waals surface area (Å²) in [5.74, 6) is 3.55. The molecule has 0 saturated carbocycles. The SMILES string of the molecule is COc1cc(CCc2cncc(CCc3cc(OC)c(OC)c(OC)c3)c2)cc(OC)c1. The van der Waals surface area contributed by atoms with Gasteiger partial charge in [-0.3, -0.25) is 4.98 Å². The van der Waals surface area contributed by atoms with Crippen LogP contribution in [0.4, 0.5) is 0 Å². The van der Waals surface area contributed by atoms with Crippen molar-refractivity contribution in [2.75, 3.05) is 35.5 Å². The molecular formula is C26H31NO5. The van der Waals surface area contributed by atoms with E-state index in [0.717, 1.165) is 42.7 Å². The predicted octanol–water partition coefficient (Wildman–Crippen LogP) is 4.70. The average Bonchev–Trinajstić information content (AvgIpc) is 2.85. The van der Waals surface area contributed by atoms with E-state index >= 15 is 0 Å². The Morgan fingerprint density at radius 1 is 0.500 bits per heavy atom. The van der Waals surface area contributed by atoms with Crippen LogP contribution in [0.3, 0.4) is 0 Å². The van der Waals surface area contributed by atoms with Gasteiger partial charge in [-0.25, -0.2) is 0 Å². The van der Waals surface area contributed by atoms with Gasteiger partial charge in [-0.1, -0.05) is 6.07 Å². The lowest BCUT2D eigenvalue weighted by Gasteiger charge is -2.14. The molecule has 0 N–H and O–H groups in total. The van der Waals surface area contributed by atoms with Gasteiger partial charge in [0.15, 0.2) is 11.5 Å². The van der Waals surface area contributed by atoms with Crippen molar-refractivity contribution in [2.45, 2.75) is 25.7 Å². The number of hydrogen-bond acceptors (Lipinski definition) is 6. The van der Waals surface area contributed by atoms with Crippen LogP contribution in [0.5, 0.6) is 28.7 Å². The molecule has 0 radical (unpaired) electrons. The van der Waals surface area contributed by atoms with Crippen LogP contribution >= 0.6 is 0 Å². The molecule has 32 heavy (non-hydrogen) atoms. The third kappa shape index (κ3) is 5.84. The lowest BCUT2D eigenvalue weighted by Crippen LogP contribution is -2.00. The maximum absolute atomic E-state index is 5.46. The minimum absolute atomic E-state index is 0.608. The standard InChI is InChI=1S/C26H31NO5/c1-28-22-11-18(12-23(15-22)29-2)6-8-20-10-21(17-27-16-20)9-7-19-13-24(30-3)26(32-5)25(14-19)31-4/h10-17H,6-9H2,1-5H3. The third-order valence-electron chi connectivity index (χ3n) is 5.39. The summed E-state index contributed by atoms with van der Waals surface area (Å²) >= 11 is 0. The molecule has 0 saturated heterocycles. The van der Waals surface area contributed by atoms with Crippen LogP contribution < -0.4 is 23.7 Å². The van der Waals surface area contributed by atoms with Crippen molar-refractivity contribution in [2.24, 2.45) is 0 Å². The molecule has 0 aliphatic carbocycles. The van der Waals surface area contributed by atoms with E-state index in [4.69, 9.17) is 23.7 Å². The fourth-order valence-electron chi connectivity index (χ4n) is 3.68. The van der Waals surface area contributed by atoms with Gasteiger partial charge in [-0.15, -0.1) is 0 Å². The molecule has 1 aromatic heterocycles. The van der Waals surface area contributed by atoms with E-state index in [0.29, 0.717) is 17.2 Å². The van der Waals surface area contributed by atoms with Crippen molar-refractivity contribution in [1.82, 2.24) is 4.98 Å². The summed E-state index contributed by atoms with van der Waals surface area (Å²) in [5.41, 5.74) is 4.69. The maximum atomic E-state index is 5.46. The highest BCUT2D eigenvalue weighted by atomic mass is 16.5. The minimum atomic E-state index is 0.608. The molecule has 2 aromatic carbocycles. The summed E-state index contributed by atoms with van der Waals surface area (Å²) in [5, 5.41) is 0. The molecule has 6 heteroatoms. The molecular weight excluding hydrogens is 406 g/mol. The molecule has 0 bridgehead atoms. The highest BCUT2D eigenvalue weighted by Crippen LogP contribution is 2.38. The second kappa shape index (κ2) is 11.3. The first-order chi connectivity index (χ1) is 15.6. The monoisotopic (exact) mass is 437 g/mol. The Hall–Kier alpha value is -3.41. The fraction of sp³-hybridized carbons (Fsp3) is 0.346. The molecule has 6 nitrogen and oxygen atoms in total. The topological polar surface area (TPSA) is 59.0 Å². The Kier molecular flexibility index (Phi) is 8.20. The molecule has 0 unspecified atom stereocenters. The Labute approximate surface area is 190 Å². The molecule has 0 fully saturated rings. The zero-order valence-electron chi connectivity index (χ0n) is 19.4. The summed E-state index contributed by atoms with van der Waals surface area (Å²) in [6.45, 7) is 0. The Morgan fingerprint density at radius 3 is 1.41 bits per heavy atom. The van der Waals surface area contributed by atoms with E-state index in [1.807, 2.05) is 42.7 Å². The number of hydrogen-bond donors (Lipinski definition) is 0. The zero-order valence-corrected chi connectivity index (χ0v) is 19.4. The highest BCUT2D eigenvalue weighted by molar-refractivity contribution is 5.54. The Bertz CT molecular complexity index is 987. The van der Waals surface area contributed by atoms with Crippen molar-refractivity contribution >= 4 is 0 Å². The average molecular weight is 438 g/mol. The quantitative estimate of drug-likeness (QED) is 0.434. The number of aromatic nitrogens is 1. The second-order valence-corrected chi connectivity index (χ2v) is 7.46. The van der Waals surface area contributed by atoms with Crippen LogP contribution in [0, 0.1) is 0 Å². The summed E-state index contributed by atoms with van der Waals surface area (Å²) in [6.07, 6.45) is 7.34. The van der Waals surface area contributed by atoms with E-state index in [1.165, 1.54) is 16.7 Å². The van der Waals surface area contributed by atoms with Crippen molar-refractivity contribution in [1.29, 1.82) is 0 Å². The van der Waals surface area contributed by atoms with Gasteiger partial charge in [0.2, 0.25) is 5.75 Å². The number of nitrogens with zero attached hydrogens (tertiary/aromatic N) is 1. The molecule has 0 aliphatic heterocycles. The molecule has 0 spiro atoms. The predicted molar refractivity (Wildman–Crippen MR) is 125 cm³/mol. The van der Waals surface area contributed by atoms with Gasteiger partial charge >= 0.3 is 0 Å².